The standard InChI is InChI=1S/C12H17FN2O3S/c13-10-5-11(7-14-6-10)19(17,18)15-8-12(9-16)3-1-2-4-12/h5-7,15-16H,1-4,8-9H2. The summed E-state index contributed by atoms with van der Waals surface area (Å²) in [5, 5.41) is 9.42. The number of aromatic nitrogens is 1. The van der Waals surface area contributed by atoms with Gasteiger partial charge in [-0.2, -0.15) is 0 Å². The van der Waals surface area contributed by atoms with Crippen LogP contribution in [0.4, 0.5) is 4.39 Å². The first kappa shape index (κ1) is 14.4. The third-order valence-electron chi connectivity index (χ3n) is 3.63. The molecule has 1 aliphatic rings. The summed E-state index contributed by atoms with van der Waals surface area (Å²) in [6.07, 6.45) is 5.63. The van der Waals surface area contributed by atoms with Crippen LogP contribution in [0.15, 0.2) is 23.4 Å². The third-order valence-corrected chi connectivity index (χ3v) is 5.00. The number of hydrogen-bond donors (Lipinski definition) is 2. The van der Waals surface area contributed by atoms with Gasteiger partial charge in [0.1, 0.15) is 10.7 Å². The van der Waals surface area contributed by atoms with Crippen LogP contribution in [0.2, 0.25) is 0 Å². The first-order chi connectivity index (χ1) is 8.97. The van der Waals surface area contributed by atoms with Crippen molar-refractivity contribution in [1.29, 1.82) is 0 Å². The van der Waals surface area contributed by atoms with Gasteiger partial charge in [0.05, 0.1) is 6.20 Å². The molecule has 0 bridgehead atoms. The Morgan fingerprint density at radius 1 is 1.37 bits per heavy atom. The van der Waals surface area contributed by atoms with E-state index in [1.807, 2.05) is 0 Å². The van der Waals surface area contributed by atoms with Crippen molar-refractivity contribution in [2.45, 2.75) is 30.6 Å². The molecule has 0 radical (unpaired) electrons. The third kappa shape index (κ3) is 3.29. The molecule has 1 saturated carbocycles. The molecule has 5 nitrogen and oxygen atoms in total. The van der Waals surface area contributed by atoms with Crippen LogP contribution in [0.3, 0.4) is 0 Å². The Hall–Kier alpha value is -1.05. The molecule has 106 valence electrons. The number of pyridine rings is 1. The zero-order valence-corrected chi connectivity index (χ0v) is 11.3. The van der Waals surface area contributed by atoms with Crippen LogP contribution >= 0.6 is 0 Å². The molecule has 19 heavy (non-hydrogen) atoms. The highest BCUT2D eigenvalue weighted by Gasteiger charge is 2.34. The normalized spacial score (nSPS) is 18.6. The smallest absolute Gasteiger partial charge is 0.242 e. The van der Waals surface area contributed by atoms with E-state index in [1.165, 1.54) is 0 Å². The summed E-state index contributed by atoms with van der Waals surface area (Å²) in [5.74, 6) is -0.694. The summed E-state index contributed by atoms with van der Waals surface area (Å²) in [4.78, 5) is 3.33. The van der Waals surface area contributed by atoms with Gasteiger partial charge in [0.25, 0.3) is 0 Å². The van der Waals surface area contributed by atoms with Crippen LogP contribution in [0, 0.1) is 11.2 Å². The van der Waals surface area contributed by atoms with Crippen LogP contribution in [0.25, 0.3) is 0 Å². The van der Waals surface area contributed by atoms with Crippen molar-refractivity contribution in [3.05, 3.63) is 24.3 Å². The summed E-state index contributed by atoms with van der Waals surface area (Å²) in [6, 6.07) is 0.926. The Labute approximate surface area is 111 Å². The second-order valence-electron chi connectivity index (χ2n) is 5.03. The van der Waals surface area contributed by atoms with E-state index >= 15 is 0 Å². The molecular weight excluding hydrogens is 271 g/mol. The molecule has 7 heteroatoms. The molecule has 0 unspecified atom stereocenters. The summed E-state index contributed by atoms with van der Waals surface area (Å²) < 4.78 is 39.4. The predicted octanol–water partition coefficient (Wildman–Crippen LogP) is 1.05. The molecule has 0 aromatic carbocycles. The highest BCUT2D eigenvalue weighted by molar-refractivity contribution is 7.89. The lowest BCUT2D eigenvalue weighted by molar-refractivity contribution is 0.134. The fourth-order valence-corrected chi connectivity index (χ4v) is 3.52. The van der Waals surface area contributed by atoms with Crippen LogP contribution in [0.5, 0.6) is 0 Å². The Kier molecular flexibility index (Phi) is 4.17. The molecule has 1 fully saturated rings. The van der Waals surface area contributed by atoms with Crippen molar-refractivity contribution in [3.8, 4) is 0 Å². The van der Waals surface area contributed by atoms with Crippen LogP contribution < -0.4 is 4.72 Å². The lowest BCUT2D eigenvalue weighted by Crippen LogP contribution is -2.38. The number of rotatable bonds is 5. The van der Waals surface area contributed by atoms with Gasteiger partial charge in [-0.3, -0.25) is 4.98 Å². The minimum Gasteiger partial charge on any atom is -0.396 e. The second kappa shape index (κ2) is 5.52. The van der Waals surface area contributed by atoms with Crippen LogP contribution in [0.1, 0.15) is 25.7 Å². The molecule has 0 saturated heterocycles. The van der Waals surface area contributed by atoms with Crippen LogP contribution in [-0.2, 0) is 10.0 Å². The Morgan fingerprint density at radius 2 is 2.05 bits per heavy atom. The topological polar surface area (TPSA) is 79.3 Å². The first-order valence-corrected chi connectivity index (χ1v) is 7.67. The van der Waals surface area contributed by atoms with Gasteiger partial charge < -0.3 is 5.11 Å². The highest BCUT2D eigenvalue weighted by Crippen LogP contribution is 2.37. The maximum absolute atomic E-state index is 13.0. The number of halogens is 1. The largest absolute Gasteiger partial charge is 0.396 e. The second-order valence-corrected chi connectivity index (χ2v) is 6.80. The number of sulfonamides is 1. The monoisotopic (exact) mass is 288 g/mol. The molecule has 0 atom stereocenters. The zero-order chi connectivity index (χ0) is 13.9. The Balaban J connectivity index is 2.09. The molecule has 2 N–H and O–H groups in total. The van der Waals surface area contributed by atoms with E-state index in [1.54, 1.807) is 0 Å². The number of aliphatic hydroxyl groups is 1. The molecule has 1 heterocycles. The van der Waals surface area contributed by atoms with Crippen molar-refractivity contribution in [3.63, 3.8) is 0 Å². The lowest BCUT2D eigenvalue weighted by atomic mass is 9.88. The van der Waals surface area contributed by atoms with Gasteiger partial charge in [-0.15, -0.1) is 0 Å². The van der Waals surface area contributed by atoms with Crippen molar-refractivity contribution in [2.75, 3.05) is 13.2 Å². The van der Waals surface area contributed by atoms with Gasteiger partial charge in [0.15, 0.2) is 0 Å². The summed E-state index contributed by atoms with van der Waals surface area (Å²) in [7, 11) is -3.78. The molecule has 2 rings (SSSR count). The number of nitrogens with zero attached hydrogens (tertiary/aromatic N) is 1. The van der Waals surface area contributed by atoms with Crippen molar-refractivity contribution >= 4 is 10.0 Å². The Bertz CT molecular complexity index is 542. The average Bonchev–Trinajstić information content (AvgIpc) is 2.86. The minimum atomic E-state index is -3.78. The van der Waals surface area contributed by atoms with Crippen molar-refractivity contribution < 1.29 is 17.9 Å². The van der Waals surface area contributed by atoms with Gasteiger partial charge in [-0.1, -0.05) is 12.8 Å². The number of aliphatic hydroxyl groups excluding tert-OH is 1. The quantitative estimate of drug-likeness (QED) is 0.849. The maximum Gasteiger partial charge on any atom is 0.242 e. The van der Waals surface area contributed by atoms with E-state index in [-0.39, 0.29) is 23.5 Å². The summed E-state index contributed by atoms with van der Waals surface area (Å²) >= 11 is 0. The predicted molar refractivity (Wildman–Crippen MR) is 67.4 cm³/mol. The van der Waals surface area contributed by atoms with E-state index in [0.29, 0.717) is 0 Å². The van der Waals surface area contributed by atoms with Gasteiger partial charge in [0.2, 0.25) is 10.0 Å². The number of nitrogens with one attached hydrogen (secondary N) is 1. The molecule has 1 aromatic rings. The van der Waals surface area contributed by atoms with Gasteiger partial charge in [-0.25, -0.2) is 17.5 Å². The molecule has 0 amide bonds. The van der Waals surface area contributed by atoms with E-state index in [0.717, 1.165) is 44.1 Å². The zero-order valence-electron chi connectivity index (χ0n) is 10.5. The van der Waals surface area contributed by atoms with Crippen LogP contribution in [-0.4, -0.2) is 31.7 Å². The summed E-state index contributed by atoms with van der Waals surface area (Å²) in [5.41, 5.74) is -0.381. The first-order valence-electron chi connectivity index (χ1n) is 6.19. The fourth-order valence-electron chi connectivity index (χ4n) is 2.39. The average molecular weight is 288 g/mol. The Morgan fingerprint density at radius 3 is 2.63 bits per heavy atom. The lowest BCUT2D eigenvalue weighted by Gasteiger charge is -2.26. The molecule has 0 aliphatic heterocycles. The van der Waals surface area contributed by atoms with E-state index in [2.05, 4.69) is 9.71 Å². The van der Waals surface area contributed by atoms with Gasteiger partial charge in [-0.05, 0) is 18.9 Å². The van der Waals surface area contributed by atoms with E-state index in [9.17, 15) is 17.9 Å². The highest BCUT2D eigenvalue weighted by atomic mass is 32.2. The van der Waals surface area contributed by atoms with E-state index in [4.69, 9.17) is 0 Å². The van der Waals surface area contributed by atoms with Crippen molar-refractivity contribution in [1.82, 2.24) is 9.71 Å². The van der Waals surface area contributed by atoms with Crippen molar-refractivity contribution in [2.24, 2.45) is 5.41 Å². The van der Waals surface area contributed by atoms with E-state index < -0.39 is 15.8 Å². The van der Waals surface area contributed by atoms with Gasteiger partial charge >= 0.3 is 0 Å². The maximum atomic E-state index is 13.0. The minimum absolute atomic E-state index is 0.0447. The molecular formula is C12H17FN2O3S. The molecule has 1 aromatic heterocycles. The summed E-state index contributed by atoms with van der Waals surface area (Å²) in [6.45, 7) is 0.124. The fraction of sp³-hybridized carbons (Fsp3) is 0.583. The SMILES string of the molecule is O=S(=O)(NCC1(CO)CCCC1)c1cncc(F)c1. The molecule has 1 aliphatic carbocycles. The number of hydrogen-bond acceptors (Lipinski definition) is 4. The van der Waals surface area contributed by atoms with Gasteiger partial charge in [0, 0.05) is 24.8 Å². The molecule has 0 spiro atoms.